The van der Waals surface area contributed by atoms with E-state index >= 15 is 0 Å². The first kappa shape index (κ1) is 16.8. The van der Waals surface area contributed by atoms with E-state index in [-0.39, 0.29) is 11.9 Å². The summed E-state index contributed by atoms with van der Waals surface area (Å²) in [7, 11) is 1.58. The zero-order valence-corrected chi connectivity index (χ0v) is 14.3. The SMILES string of the molecule is COc1cccc(NC(=O)NCc2ccc3c(c2)CCN3C(C)=O)c1. The molecular weight excluding hydrogens is 318 g/mol. The molecule has 0 bridgehead atoms. The van der Waals surface area contributed by atoms with Crippen molar-refractivity contribution in [1.82, 2.24) is 5.32 Å². The average Bonchev–Trinajstić information content (AvgIpc) is 3.03. The molecule has 3 rings (SSSR count). The van der Waals surface area contributed by atoms with Gasteiger partial charge in [0.1, 0.15) is 5.75 Å². The topological polar surface area (TPSA) is 70.7 Å². The van der Waals surface area contributed by atoms with E-state index in [2.05, 4.69) is 10.6 Å². The number of rotatable bonds is 4. The largest absolute Gasteiger partial charge is 0.497 e. The average molecular weight is 339 g/mol. The number of hydrogen-bond acceptors (Lipinski definition) is 3. The number of carbonyl (C=O) groups excluding carboxylic acids is 2. The van der Waals surface area contributed by atoms with Crippen LogP contribution in [0.15, 0.2) is 42.5 Å². The van der Waals surface area contributed by atoms with Gasteiger partial charge in [-0.05, 0) is 35.7 Å². The molecule has 0 saturated heterocycles. The molecule has 3 amide bonds. The number of fused-ring (bicyclic) bond motifs is 1. The van der Waals surface area contributed by atoms with Crippen molar-refractivity contribution in [3.8, 4) is 5.75 Å². The second-order valence-electron chi connectivity index (χ2n) is 5.92. The molecule has 0 fully saturated rings. The minimum atomic E-state index is -0.279. The van der Waals surface area contributed by atoms with Gasteiger partial charge < -0.3 is 20.3 Å². The molecule has 6 heteroatoms. The van der Waals surface area contributed by atoms with Crippen molar-refractivity contribution in [3.63, 3.8) is 0 Å². The minimum Gasteiger partial charge on any atom is -0.497 e. The summed E-state index contributed by atoms with van der Waals surface area (Å²) in [6.07, 6.45) is 0.846. The smallest absolute Gasteiger partial charge is 0.319 e. The maximum Gasteiger partial charge on any atom is 0.319 e. The molecule has 0 saturated carbocycles. The molecule has 2 aromatic rings. The van der Waals surface area contributed by atoms with Gasteiger partial charge in [-0.15, -0.1) is 0 Å². The van der Waals surface area contributed by atoms with Crippen LogP contribution >= 0.6 is 0 Å². The molecule has 1 aliphatic heterocycles. The Labute approximate surface area is 146 Å². The molecule has 6 nitrogen and oxygen atoms in total. The fraction of sp³-hybridized carbons (Fsp3) is 0.263. The van der Waals surface area contributed by atoms with Crippen LogP contribution in [-0.4, -0.2) is 25.6 Å². The number of methoxy groups -OCH3 is 1. The highest BCUT2D eigenvalue weighted by Gasteiger charge is 2.22. The van der Waals surface area contributed by atoms with E-state index in [1.807, 2.05) is 30.3 Å². The lowest BCUT2D eigenvalue weighted by Gasteiger charge is -2.15. The van der Waals surface area contributed by atoms with Crippen molar-refractivity contribution in [2.45, 2.75) is 19.9 Å². The third-order valence-corrected chi connectivity index (χ3v) is 4.20. The lowest BCUT2D eigenvalue weighted by atomic mass is 10.1. The van der Waals surface area contributed by atoms with Crippen molar-refractivity contribution in [2.75, 3.05) is 23.9 Å². The first-order chi connectivity index (χ1) is 12.1. The van der Waals surface area contributed by atoms with Crippen LogP contribution in [0.25, 0.3) is 0 Å². The van der Waals surface area contributed by atoms with Gasteiger partial charge in [0.15, 0.2) is 0 Å². The van der Waals surface area contributed by atoms with Gasteiger partial charge in [-0.25, -0.2) is 4.79 Å². The van der Waals surface area contributed by atoms with Gasteiger partial charge in [-0.1, -0.05) is 18.2 Å². The van der Waals surface area contributed by atoms with Gasteiger partial charge in [0.05, 0.1) is 7.11 Å². The Bertz CT molecular complexity index is 804. The van der Waals surface area contributed by atoms with Crippen LogP contribution in [0, 0.1) is 0 Å². The number of carbonyl (C=O) groups is 2. The van der Waals surface area contributed by atoms with Crippen molar-refractivity contribution in [2.24, 2.45) is 0 Å². The van der Waals surface area contributed by atoms with E-state index in [1.165, 1.54) is 0 Å². The van der Waals surface area contributed by atoms with Crippen LogP contribution in [0.1, 0.15) is 18.1 Å². The Hall–Kier alpha value is -3.02. The normalized spacial score (nSPS) is 12.5. The third kappa shape index (κ3) is 3.91. The summed E-state index contributed by atoms with van der Waals surface area (Å²) in [4.78, 5) is 25.4. The Kier molecular flexibility index (Phi) is 4.88. The first-order valence-corrected chi connectivity index (χ1v) is 8.15. The fourth-order valence-electron chi connectivity index (χ4n) is 2.95. The van der Waals surface area contributed by atoms with Gasteiger partial charge in [-0.2, -0.15) is 0 Å². The molecule has 0 aliphatic carbocycles. The van der Waals surface area contributed by atoms with E-state index < -0.39 is 0 Å². The van der Waals surface area contributed by atoms with Gasteiger partial charge in [0.2, 0.25) is 5.91 Å². The predicted octanol–water partition coefficient (Wildman–Crippen LogP) is 2.93. The summed E-state index contributed by atoms with van der Waals surface area (Å²) in [6, 6.07) is 12.8. The molecule has 1 heterocycles. The fourth-order valence-corrected chi connectivity index (χ4v) is 2.95. The van der Waals surface area contributed by atoms with Crippen LogP contribution in [0.2, 0.25) is 0 Å². The predicted molar refractivity (Wildman–Crippen MR) is 97.0 cm³/mol. The standard InChI is InChI=1S/C19H21N3O3/c1-13(23)22-9-8-15-10-14(6-7-18(15)22)12-20-19(24)21-16-4-3-5-17(11-16)25-2/h3-7,10-11H,8-9,12H2,1-2H3,(H2,20,21,24). The highest BCUT2D eigenvalue weighted by Crippen LogP contribution is 2.28. The molecule has 2 N–H and O–H groups in total. The zero-order valence-electron chi connectivity index (χ0n) is 14.3. The van der Waals surface area contributed by atoms with Crippen molar-refractivity contribution in [1.29, 1.82) is 0 Å². The summed E-state index contributed by atoms with van der Waals surface area (Å²) < 4.78 is 5.13. The molecule has 1 aliphatic rings. The van der Waals surface area contributed by atoms with E-state index in [1.54, 1.807) is 31.1 Å². The number of nitrogens with zero attached hydrogens (tertiary/aromatic N) is 1. The molecule has 0 unspecified atom stereocenters. The number of ether oxygens (including phenoxy) is 1. The van der Waals surface area contributed by atoms with E-state index in [9.17, 15) is 9.59 Å². The van der Waals surface area contributed by atoms with Gasteiger partial charge >= 0.3 is 6.03 Å². The van der Waals surface area contributed by atoms with Gasteiger partial charge in [0, 0.05) is 37.5 Å². The minimum absolute atomic E-state index is 0.0577. The number of hydrogen-bond donors (Lipinski definition) is 2. The lowest BCUT2D eigenvalue weighted by Crippen LogP contribution is -2.28. The molecule has 0 radical (unpaired) electrons. The summed E-state index contributed by atoms with van der Waals surface area (Å²) in [5, 5.41) is 5.62. The van der Waals surface area contributed by atoms with E-state index in [0.29, 0.717) is 18.0 Å². The van der Waals surface area contributed by atoms with Crippen LogP contribution in [0.3, 0.4) is 0 Å². The lowest BCUT2D eigenvalue weighted by molar-refractivity contribution is -0.116. The Morgan fingerprint density at radius 2 is 2.04 bits per heavy atom. The summed E-state index contributed by atoms with van der Waals surface area (Å²) in [5.41, 5.74) is 3.78. The molecule has 0 aromatic heterocycles. The highest BCUT2D eigenvalue weighted by molar-refractivity contribution is 5.93. The molecule has 2 aromatic carbocycles. The van der Waals surface area contributed by atoms with Crippen LogP contribution in [0.5, 0.6) is 5.75 Å². The summed E-state index contributed by atoms with van der Waals surface area (Å²) in [5.74, 6) is 0.744. The maximum atomic E-state index is 12.0. The zero-order chi connectivity index (χ0) is 17.8. The monoisotopic (exact) mass is 339 g/mol. The highest BCUT2D eigenvalue weighted by atomic mass is 16.5. The van der Waals surface area contributed by atoms with Gasteiger partial charge in [-0.3, -0.25) is 4.79 Å². The number of amides is 3. The first-order valence-electron chi connectivity index (χ1n) is 8.15. The van der Waals surface area contributed by atoms with Crippen LogP contribution in [0.4, 0.5) is 16.2 Å². The number of nitrogens with one attached hydrogen (secondary N) is 2. The summed E-state index contributed by atoms with van der Waals surface area (Å²) in [6.45, 7) is 2.72. The summed E-state index contributed by atoms with van der Waals surface area (Å²) >= 11 is 0. The van der Waals surface area contributed by atoms with Crippen LogP contribution < -0.4 is 20.3 Å². The van der Waals surface area contributed by atoms with E-state index in [0.717, 1.165) is 29.8 Å². The second kappa shape index (κ2) is 7.25. The molecule has 0 spiro atoms. The van der Waals surface area contributed by atoms with E-state index in [4.69, 9.17) is 4.74 Å². The second-order valence-corrected chi connectivity index (χ2v) is 5.92. The molecular formula is C19H21N3O3. The number of benzene rings is 2. The molecule has 0 atom stereocenters. The van der Waals surface area contributed by atoms with Crippen LogP contribution in [-0.2, 0) is 17.8 Å². The molecule has 130 valence electrons. The number of anilines is 2. The maximum absolute atomic E-state index is 12.0. The third-order valence-electron chi connectivity index (χ3n) is 4.20. The Balaban J connectivity index is 1.58. The number of urea groups is 1. The van der Waals surface area contributed by atoms with Crippen molar-refractivity contribution in [3.05, 3.63) is 53.6 Å². The van der Waals surface area contributed by atoms with Gasteiger partial charge in [0.25, 0.3) is 0 Å². The Morgan fingerprint density at radius 1 is 1.20 bits per heavy atom. The quantitative estimate of drug-likeness (QED) is 0.900. The van der Waals surface area contributed by atoms with Crippen molar-refractivity contribution >= 4 is 23.3 Å². The molecule has 25 heavy (non-hydrogen) atoms. The van der Waals surface area contributed by atoms with Crippen molar-refractivity contribution < 1.29 is 14.3 Å². The Morgan fingerprint density at radius 3 is 2.80 bits per heavy atom.